The minimum absolute atomic E-state index is 0.0784. The second kappa shape index (κ2) is 9.46. The maximum Gasteiger partial charge on any atom is 0.257 e. The van der Waals surface area contributed by atoms with Gasteiger partial charge in [0.15, 0.2) is 11.5 Å². The fraction of sp³-hybridized carbons (Fsp3) is 0.400. The van der Waals surface area contributed by atoms with Crippen LogP contribution in [0.1, 0.15) is 40.0 Å². The van der Waals surface area contributed by atoms with E-state index in [1.54, 1.807) is 55.4 Å². The molecule has 10 nitrogen and oxygen atoms in total. The quantitative estimate of drug-likeness (QED) is 0.688. The van der Waals surface area contributed by atoms with Crippen molar-refractivity contribution in [2.24, 2.45) is 0 Å². The molecule has 0 spiro atoms. The second-order valence-electron chi connectivity index (χ2n) is 8.78. The Morgan fingerprint density at radius 2 is 1.83 bits per heavy atom. The summed E-state index contributed by atoms with van der Waals surface area (Å²) in [6.07, 6.45) is 1.10. The summed E-state index contributed by atoms with van der Waals surface area (Å²) in [5, 5.41) is 5.45. The van der Waals surface area contributed by atoms with Crippen molar-refractivity contribution in [3.05, 3.63) is 47.5 Å². The average molecular weight is 482 g/mol. The molecule has 3 atom stereocenters. The van der Waals surface area contributed by atoms with Crippen molar-refractivity contribution < 1.29 is 33.3 Å². The van der Waals surface area contributed by atoms with E-state index in [2.05, 4.69) is 10.6 Å². The zero-order chi connectivity index (χ0) is 24.5. The Morgan fingerprint density at radius 3 is 2.66 bits per heavy atom. The summed E-state index contributed by atoms with van der Waals surface area (Å²) in [7, 11) is 3.34. The third-order valence-electron chi connectivity index (χ3n) is 6.60. The Bertz CT molecular complexity index is 1170. The van der Waals surface area contributed by atoms with Crippen LogP contribution in [0.2, 0.25) is 0 Å². The van der Waals surface area contributed by atoms with Crippen molar-refractivity contribution in [3.63, 3.8) is 0 Å². The third-order valence-corrected chi connectivity index (χ3v) is 6.60. The van der Waals surface area contributed by atoms with Gasteiger partial charge in [-0.2, -0.15) is 0 Å². The molecule has 3 amide bonds. The van der Waals surface area contributed by atoms with E-state index < -0.39 is 0 Å². The van der Waals surface area contributed by atoms with Gasteiger partial charge in [-0.05, 0) is 49.2 Å². The summed E-state index contributed by atoms with van der Waals surface area (Å²) in [5.41, 5.74) is 1.25. The third kappa shape index (κ3) is 4.61. The highest BCUT2D eigenvalue weighted by atomic mass is 16.7. The van der Waals surface area contributed by atoms with Gasteiger partial charge >= 0.3 is 0 Å². The van der Waals surface area contributed by atoms with Crippen LogP contribution in [0.3, 0.4) is 0 Å². The van der Waals surface area contributed by atoms with E-state index in [9.17, 15) is 14.4 Å². The van der Waals surface area contributed by atoms with Gasteiger partial charge in [0.25, 0.3) is 11.8 Å². The Morgan fingerprint density at radius 1 is 1.03 bits per heavy atom. The maximum absolute atomic E-state index is 13.4. The topological polar surface area (TPSA) is 115 Å². The van der Waals surface area contributed by atoms with Crippen molar-refractivity contribution in [1.82, 2.24) is 10.2 Å². The minimum atomic E-state index is -0.342. The molecule has 5 rings (SSSR count). The van der Waals surface area contributed by atoms with Crippen LogP contribution in [0.15, 0.2) is 36.4 Å². The molecule has 3 heterocycles. The first-order chi connectivity index (χ1) is 16.9. The van der Waals surface area contributed by atoms with Crippen molar-refractivity contribution in [3.8, 4) is 17.2 Å². The standard InChI is InChI=1S/C25H27N3O7/c1-26-23(29)11-16-5-6-18-22(35-16)12-32-19-8-4-15(10-17(19)25(31)28(18)2)27-24(30)14-3-7-20-21(9-14)34-13-33-20/h3-4,7-10,16,18,22H,5-6,11-13H2,1-2H3,(H,26,29)(H,27,30)/t16-,18+,22+/m0/s1. The lowest BCUT2D eigenvalue weighted by molar-refractivity contribution is -0.133. The summed E-state index contributed by atoms with van der Waals surface area (Å²) >= 11 is 0. The highest BCUT2D eigenvalue weighted by Crippen LogP contribution is 2.34. The van der Waals surface area contributed by atoms with Crippen LogP contribution in [0.5, 0.6) is 17.2 Å². The molecule has 0 unspecified atom stereocenters. The molecule has 10 heteroatoms. The molecule has 1 saturated heterocycles. The monoisotopic (exact) mass is 481 g/mol. The van der Waals surface area contributed by atoms with Gasteiger partial charge in [0.2, 0.25) is 12.7 Å². The first-order valence-electron chi connectivity index (χ1n) is 11.5. The molecule has 2 N–H and O–H groups in total. The van der Waals surface area contributed by atoms with Gasteiger partial charge in [0.05, 0.1) is 24.1 Å². The van der Waals surface area contributed by atoms with Gasteiger partial charge in [-0.15, -0.1) is 0 Å². The zero-order valence-electron chi connectivity index (χ0n) is 19.5. The highest BCUT2D eigenvalue weighted by Gasteiger charge is 2.39. The van der Waals surface area contributed by atoms with E-state index in [4.69, 9.17) is 18.9 Å². The molecular weight excluding hydrogens is 454 g/mol. The van der Waals surface area contributed by atoms with Gasteiger partial charge in [-0.1, -0.05) is 0 Å². The lowest BCUT2D eigenvalue weighted by atomic mass is 9.94. The average Bonchev–Trinajstić information content (AvgIpc) is 3.34. The summed E-state index contributed by atoms with van der Waals surface area (Å²) in [4.78, 5) is 39.6. The number of anilines is 1. The number of benzene rings is 2. The molecular formula is C25H27N3O7. The number of amides is 3. The fourth-order valence-electron chi connectivity index (χ4n) is 4.66. The summed E-state index contributed by atoms with van der Waals surface area (Å²) in [6, 6.07) is 9.76. The first kappa shape index (κ1) is 23.0. The number of nitrogens with zero attached hydrogens (tertiary/aromatic N) is 1. The Balaban J connectivity index is 1.32. The Hall–Kier alpha value is -3.79. The number of rotatable bonds is 4. The largest absolute Gasteiger partial charge is 0.490 e. The van der Waals surface area contributed by atoms with Crippen LogP contribution in [-0.4, -0.2) is 68.4 Å². The smallest absolute Gasteiger partial charge is 0.257 e. The molecule has 2 aromatic carbocycles. The molecule has 3 aliphatic rings. The number of carbonyl (C=O) groups excluding carboxylic acids is 3. The van der Waals surface area contributed by atoms with Crippen molar-refractivity contribution in [2.45, 2.75) is 37.5 Å². The fourth-order valence-corrected chi connectivity index (χ4v) is 4.66. The van der Waals surface area contributed by atoms with E-state index in [1.165, 1.54) is 0 Å². The van der Waals surface area contributed by atoms with Gasteiger partial charge in [-0.25, -0.2) is 0 Å². The Labute approximate surface area is 202 Å². The predicted octanol–water partition coefficient (Wildman–Crippen LogP) is 2.18. The van der Waals surface area contributed by atoms with Crippen LogP contribution in [-0.2, 0) is 9.53 Å². The molecule has 0 bridgehead atoms. The highest BCUT2D eigenvalue weighted by molar-refractivity contribution is 6.06. The summed E-state index contributed by atoms with van der Waals surface area (Å²) in [5.74, 6) is 0.894. The first-order valence-corrected chi connectivity index (χ1v) is 11.5. The molecule has 0 saturated carbocycles. The number of likely N-dealkylation sites (N-methyl/N-ethyl adjacent to an activating group) is 1. The van der Waals surface area contributed by atoms with Gasteiger partial charge in [0, 0.05) is 25.3 Å². The van der Waals surface area contributed by atoms with Crippen LogP contribution in [0.4, 0.5) is 5.69 Å². The van der Waals surface area contributed by atoms with Crippen LogP contribution in [0.25, 0.3) is 0 Å². The van der Waals surface area contributed by atoms with Crippen molar-refractivity contribution in [2.75, 3.05) is 32.8 Å². The lowest BCUT2D eigenvalue weighted by Crippen LogP contribution is -2.53. The van der Waals surface area contributed by atoms with Crippen LogP contribution >= 0.6 is 0 Å². The number of hydrogen-bond acceptors (Lipinski definition) is 7. The molecule has 0 aromatic heterocycles. The minimum Gasteiger partial charge on any atom is -0.490 e. The number of fused-ring (bicyclic) bond motifs is 3. The molecule has 35 heavy (non-hydrogen) atoms. The Kier molecular flexibility index (Phi) is 6.21. The van der Waals surface area contributed by atoms with E-state index in [1.807, 2.05) is 0 Å². The van der Waals surface area contributed by atoms with E-state index in [0.29, 0.717) is 46.9 Å². The summed E-state index contributed by atoms with van der Waals surface area (Å²) in [6.45, 7) is 0.380. The number of ether oxygens (including phenoxy) is 4. The van der Waals surface area contributed by atoms with Gasteiger partial charge in [0.1, 0.15) is 18.5 Å². The molecule has 3 aliphatic heterocycles. The van der Waals surface area contributed by atoms with E-state index >= 15 is 0 Å². The van der Waals surface area contributed by atoms with E-state index in [0.717, 1.165) is 0 Å². The van der Waals surface area contributed by atoms with Gasteiger partial charge < -0.3 is 34.5 Å². The number of hydrogen-bond donors (Lipinski definition) is 2. The zero-order valence-corrected chi connectivity index (χ0v) is 19.5. The van der Waals surface area contributed by atoms with Crippen molar-refractivity contribution >= 4 is 23.4 Å². The van der Waals surface area contributed by atoms with Crippen LogP contribution < -0.4 is 24.8 Å². The maximum atomic E-state index is 13.4. The normalized spacial score (nSPS) is 22.7. The molecule has 2 aromatic rings. The molecule has 1 fully saturated rings. The lowest BCUT2D eigenvalue weighted by Gasteiger charge is -2.42. The summed E-state index contributed by atoms with van der Waals surface area (Å²) < 4.78 is 22.7. The molecule has 0 aliphatic carbocycles. The molecule has 184 valence electrons. The van der Waals surface area contributed by atoms with Crippen molar-refractivity contribution in [1.29, 1.82) is 0 Å². The number of carbonyl (C=O) groups is 3. The second-order valence-corrected chi connectivity index (χ2v) is 8.78. The SMILES string of the molecule is CNC(=O)C[C@@H]1CC[C@@H]2[C@@H](COc3ccc(NC(=O)c4ccc5c(c4)OCO5)cc3C(=O)N2C)O1. The molecule has 0 radical (unpaired) electrons. The van der Waals surface area contributed by atoms with Gasteiger partial charge in [-0.3, -0.25) is 14.4 Å². The van der Waals surface area contributed by atoms with E-state index in [-0.39, 0.29) is 55.8 Å². The number of nitrogens with one attached hydrogen (secondary N) is 2. The van der Waals surface area contributed by atoms with Crippen LogP contribution in [0, 0.1) is 0 Å². The predicted molar refractivity (Wildman–Crippen MR) is 125 cm³/mol.